The first-order chi connectivity index (χ1) is 13.0. The number of hydrogen-bond donors (Lipinski definition) is 2. The van der Waals surface area contributed by atoms with E-state index >= 15 is 0 Å². The van der Waals surface area contributed by atoms with Gasteiger partial charge in [-0.15, -0.1) is 0 Å². The van der Waals surface area contributed by atoms with E-state index in [4.69, 9.17) is 0 Å². The van der Waals surface area contributed by atoms with E-state index in [0.29, 0.717) is 0 Å². The first-order valence-corrected chi connectivity index (χ1v) is 10.1. The normalized spacial score (nSPS) is 11.5. The summed E-state index contributed by atoms with van der Waals surface area (Å²) in [4.78, 5) is 21.1. The van der Waals surface area contributed by atoms with Crippen LogP contribution in [0.1, 0.15) is 0 Å². The van der Waals surface area contributed by atoms with Crippen molar-refractivity contribution in [2.45, 2.75) is 0 Å². The Morgan fingerprint density at radius 3 is 1.70 bits per heavy atom. The largest absolute Gasteiger partial charge is 0.356 e. The summed E-state index contributed by atoms with van der Waals surface area (Å²) >= 11 is 0. The van der Waals surface area contributed by atoms with Gasteiger partial charge in [0, 0.05) is 17.1 Å². The molecule has 0 spiro atoms. The summed E-state index contributed by atoms with van der Waals surface area (Å²) in [5.41, 5.74) is 2.94. The molecule has 5 heteroatoms. The molecule has 0 aromatic heterocycles. The van der Waals surface area contributed by atoms with Crippen molar-refractivity contribution in [2.75, 3.05) is 4.90 Å². The average Bonchev–Trinajstić information content (AvgIpc) is 2.69. The molecule has 2 N–H and O–H groups in total. The summed E-state index contributed by atoms with van der Waals surface area (Å²) in [5.74, 6) is 0. The van der Waals surface area contributed by atoms with Gasteiger partial charge in [0.05, 0.1) is 5.30 Å². The van der Waals surface area contributed by atoms with E-state index in [1.807, 2.05) is 78.9 Å². The minimum atomic E-state index is -4.29. The molecule has 134 valence electrons. The lowest BCUT2D eigenvalue weighted by Crippen LogP contribution is -2.10. The van der Waals surface area contributed by atoms with E-state index < -0.39 is 7.60 Å². The number of para-hydroxylation sites is 2. The quantitative estimate of drug-likeness (QED) is 0.487. The Morgan fingerprint density at radius 1 is 0.593 bits per heavy atom. The van der Waals surface area contributed by atoms with Crippen LogP contribution in [0.15, 0.2) is 97.1 Å². The van der Waals surface area contributed by atoms with Crippen LogP contribution in [0, 0.1) is 0 Å². The Balaban J connectivity index is 1.89. The molecule has 0 fully saturated rings. The second-order valence-corrected chi connectivity index (χ2v) is 7.87. The predicted molar refractivity (Wildman–Crippen MR) is 110 cm³/mol. The Labute approximate surface area is 157 Å². The lowest BCUT2D eigenvalue weighted by atomic mass is 10.1. The summed E-state index contributed by atoms with van der Waals surface area (Å²) in [5, 5.41) is 1.74. The summed E-state index contributed by atoms with van der Waals surface area (Å²) in [6, 6.07) is 30.7. The highest BCUT2D eigenvalue weighted by Gasteiger charge is 2.18. The molecule has 0 unspecified atom stereocenters. The highest BCUT2D eigenvalue weighted by atomic mass is 31.2. The molecule has 0 amide bonds. The summed E-state index contributed by atoms with van der Waals surface area (Å²) in [7, 11) is -4.29. The Bertz CT molecular complexity index is 1080. The van der Waals surface area contributed by atoms with Crippen molar-refractivity contribution in [3.05, 3.63) is 97.1 Å². The molecule has 0 radical (unpaired) electrons. The fourth-order valence-corrected chi connectivity index (χ4v) is 3.72. The number of anilines is 3. The van der Waals surface area contributed by atoms with Gasteiger partial charge < -0.3 is 14.7 Å². The van der Waals surface area contributed by atoms with Crippen LogP contribution >= 0.6 is 7.60 Å². The molecule has 0 saturated carbocycles. The van der Waals surface area contributed by atoms with Gasteiger partial charge in [-0.1, -0.05) is 48.5 Å². The van der Waals surface area contributed by atoms with Gasteiger partial charge in [0.2, 0.25) is 0 Å². The number of rotatable bonds is 4. The van der Waals surface area contributed by atoms with Crippen LogP contribution in [0.5, 0.6) is 0 Å². The van der Waals surface area contributed by atoms with Gasteiger partial charge in [-0.2, -0.15) is 0 Å². The molecule has 0 bridgehead atoms. The molecule has 4 aromatic rings. The van der Waals surface area contributed by atoms with E-state index in [-0.39, 0.29) is 5.30 Å². The molecule has 0 atom stereocenters. The van der Waals surface area contributed by atoms with Crippen LogP contribution in [-0.4, -0.2) is 9.79 Å². The second kappa shape index (κ2) is 7.01. The molecule has 0 heterocycles. The van der Waals surface area contributed by atoms with Gasteiger partial charge >= 0.3 is 7.60 Å². The van der Waals surface area contributed by atoms with Gasteiger partial charge in [-0.3, -0.25) is 4.57 Å². The van der Waals surface area contributed by atoms with Crippen LogP contribution in [0.4, 0.5) is 17.1 Å². The van der Waals surface area contributed by atoms with Gasteiger partial charge in [0.25, 0.3) is 0 Å². The van der Waals surface area contributed by atoms with Crippen LogP contribution in [0.25, 0.3) is 10.8 Å². The van der Waals surface area contributed by atoms with Crippen molar-refractivity contribution in [1.82, 2.24) is 0 Å². The van der Waals surface area contributed by atoms with E-state index in [1.54, 1.807) is 12.1 Å². The van der Waals surface area contributed by atoms with Crippen LogP contribution in [0.3, 0.4) is 0 Å². The van der Waals surface area contributed by atoms with Crippen molar-refractivity contribution in [3.8, 4) is 0 Å². The molecule has 0 aliphatic heterocycles. The Hall–Kier alpha value is -2.91. The topological polar surface area (TPSA) is 60.8 Å². The van der Waals surface area contributed by atoms with E-state index in [0.717, 1.165) is 27.8 Å². The van der Waals surface area contributed by atoms with Crippen molar-refractivity contribution in [2.24, 2.45) is 0 Å². The van der Waals surface area contributed by atoms with Gasteiger partial charge in [0.1, 0.15) is 0 Å². The first kappa shape index (κ1) is 17.5. The van der Waals surface area contributed by atoms with Crippen molar-refractivity contribution in [1.29, 1.82) is 0 Å². The maximum Gasteiger partial charge on any atom is 0.356 e. The molecular weight excluding hydrogens is 357 g/mol. The molecule has 4 nitrogen and oxygen atoms in total. The van der Waals surface area contributed by atoms with E-state index in [9.17, 15) is 14.4 Å². The Kier molecular flexibility index (Phi) is 4.54. The van der Waals surface area contributed by atoms with Gasteiger partial charge in [-0.25, -0.2) is 0 Å². The second-order valence-electron chi connectivity index (χ2n) is 6.27. The van der Waals surface area contributed by atoms with Gasteiger partial charge in [-0.05, 0) is 59.3 Å². The SMILES string of the molecule is O=P(O)(O)c1ccc2ccc(N(c3ccccc3)c3ccccc3)cc2c1. The minimum Gasteiger partial charge on any atom is -0.321 e. The number of hydrogen-bond acceptors (Lipinski definition) is 2. The fourth-order valence-electron chi connectivity index (χ4n) is 3.14. The van der Waals surface area contributed by atoms with Gasteiger partial charge in [0.15, 0.2) is 0 Å². The third-order valence-electron chi connectivity index (χ3n) is 4.43. The molecule has 0 aliphatic rings. The maximum atomic E-state index is 11.6. The fraction of sp³-hybridized carbons (Fsp3) is 0. The smallest absolute Gasteiger partial charge is 0.321 e. The standard InChI is InChI=1S/C22H18NO3P/c24-27(25,26)22-14-12-17-11-13-21(15-18(17)16-22)23(19-7-3-1-4-8-19)20-9-5-2-6-10-20/h1-16H,(H2,24,25,26). The molecule has 4 rings (SSSR count). The van der Waals surface area contributed by atoms with Crippen molar-refractivity contribution < 1.29 is 14.4 Å². The number of fused-ring (bicyclic) bond motifs is 1. The summed E-state index contributed by atoms with van der Waals surface area (Å²) in [6.07, 6.45) is 0. The lowest BCUT2D eigenvalue weighted by molar-refractivity contribution is 0.387. The first-order valence-electron chi connectivity index (χ1n) is 8.52. The lowest BCUT2D eigenvalue weighted by Gasteiger charge is -2.25. The monoisotopic (exact) mass is 375 g/mol. The van der Waals surface area contributed by atoms with Crippen LogP contribution < -0.4 is 10.2 Å². The third kappa shape index (κ3) is 3.64. The molecule has 4 aromatic carbocycles. The van der Waals surface area contributed by atoms with Crippen molar-refractivity contribution >= 4 is 40.7 Å². The molecule has 27 heavy (non-hydrogen) atoms. The number of nitrogens with zero attached hydrogens (tertiary/aromatic N) is 1. The molecular formula is C22H18NO3P. The zero-order valence-corrected chi connectivity index (χ0v) is 15.3. The molecule has 0 saturated heterocycles. The summed E-state index contributed by atoms with van der Waals surface area (Å²) < 4.78 is 11.6. The predicted octanol–water partition coefficient (Wildman–Crippen LogP) is 5.11. The molecule has 0 aliphatic carbocycles. The maximum absolute atomic E-state index is 11.6. The van der Waals surface area contributed by atoms with Crippen LogP contribution in [0.2, 0.25) is 0 Å². The average molecular weight is 375 g/mol. The minimum absolute atomic E-state index is 0.0260. The highest BCUT2D eigenvalue weighted by Crippen LogP contribution is 2.37. The highest BCUT2D eigenvalue weighted by molar-refractivity contribution is 7.60. The Morgan fingerprint density at radius 2 is 1.15 bits per heavy atom. The zero-order chi connectivity index (χ0) is 18.9. The van der Waals surface area contributed by atoms with Crippen LogP contribution in [-0.2, 0) is 4.57 Å². The number of benzene rings is 4. The van der Waals surface area contributed by atoms with E-state index in [1.165, 1.54) is 6.07 Å². The zero-order valence-electron chi connectivity index (χ0n) is 14.4. The van der Waals surface area contributed by atoms with E-state index in [2.05, 4.69) is 4.90 Å². The van der Waals surface area contributed by atoms with Crippen molar-refractivity contribution in [3.63, 3.8) is 0 Å². The summed E-state index contributed by atoms with van der Waals surface area (Å²) in [6.45, 7) is 0. The third-order valence-corrected chi connectivity index (χ3v) is 5.38.